The molecule has 29 heavy (non-hydrogen) atoms. The van der Waals surface area contributed by atoms with Gasteiger partial charge in [0.2, 0.25) is 5.91 Å². The number of amides is 2. The molecule has 0 bridgehead atoms. The summed E-state index contributed by atoms with van der Waals surface area (Å²) < 4.78 is 0. The average molecular weight is 393 g/mol. The first-order valence-electron chi connectivity index (χ1n) is 10.3. The Bertz CT molecular complexity index is 852. The molecule has 152 valence electrons. The summed E-state index contributed by atoms with van der Waals surface area (Å²) in [6.45, 7) is 3.52. The van der Waals surface area contributed by atoms with Gasteiger partial charge in [-0.2, -0.15) is 0 Å². The van der Waals surface area contributed by atoms with Crippen molar-refractivity contribution in [2.24, 2.45) is 5.92 Å². The van der Waals surface area contributed by atoms with Gasteiger partial charge in [-0.3, -0.25) is 14.6 Å². The number of rotatable bonds is 5. The molecule has 1 aliphatic carbocycles. The van der Waals surface area contributed by atoms with Crippen molar-refractivity contribution in [3.05, 3.63) is 59.2 Å². The molecule has 7 nitrogen and oxygen atoms in total. The Morgan fingerprint density at radius 3 is 2.38 bits per heavy atom. The summed E-state index contributed by atoms with van der Waals surface area (Å²) >= 11 is 0. The second-order valence-corrected chi connectivity index (χ2v) is 7.96. The quantitative estimate of drug-likeness (QED) is 0.709. The van der Waals surface area contributed by atoms with E-state index in [1.54, 1.807) is 6.20 Å². The van der Waals surface area contributed by atoms with E-state index < -0.39 is 6.04 Å². The number of hydrogen-bond donors (Lipinski definition) is 3. The van der Waals surface area contributed by atoms with Crippen LogP contribution in [0.5, 0.6) is 0 Å². The van der Waals surface area contributed by atoms with E-state index in [0.29, 0.717) is 0 Å². The normalized spacial score (nSPS) is 18.1. The zero-order valence-electron chi connectivity index (χ0n) is 16.6. The third kappa shape index (κ3) is 4.62. The highest BCUT2D eigenvalue weighted by atomic mass is 16.2. The number of aryl methyl sites for hydroxylation is 1. The predicted molar refractivity (Wildman–Crippen MR) is 109 cm³/mol. The van der Waals surface area contributed by atoms with E-state index in [4.69, 9.17) is 0 Å². The Kier molecular flexibility index (Phi) is 5.85. The van der Waals surface area contributed by atoms with Gasteiger partial charge in [0, 0.05) is 12.2 Å². The van der Waals surface area contributed by atoms with Crippen molar-refractivity contribution < 1.29 is 9.59 Å². The molecule has 1 aromatic carbocycles. The van der Waals surface area contributed by atoms with Gasteiger partial charge in [0.25, 0.3) is 5.91 Å². The Balaban J connectivity index is 1.45. The van der Waals surface area contributed by atoms with E-state index in [1.807, 2.05) is 19.1 Å². The van der Waals surface area contributed by atoms with Crippen molar-refractivity contribution in [3.63, 3.8) is 0 Å². The molecule has 4 rings (SSSR count). The van der Waals surface area contributed by atoms with E-state index in [9.17, 15) is 9.59 Å². The summed E-state index contributed by atoms with van der Waals surface area (Å²) in [5, 5.41) is 9.43. The zero-order chi connectivity index (χ0) is 20.2. The molecule has 1 unspecified atom stereocenters. The second-order valence-electron chi connectivity index (χ2n) is 7.96. The van der Waals surface area contributed by atoms with Gasteiger partial charge in [0.1, 0.15) is 11.7 Å². The fraction of sp³-hybridized carbons (Fsp3) is 0.455. The maximum Gasteiger partial charge on any atom is 0.272 e. The molecule has 1 atom stereocenters. The molecular formula is C22H27N5O2. The van der Waals surface area contributed by atoms with Crippen LogP contribution >= 0.6 is 0 Å². The SMILES string of the molecule is Cc1cnc(C(=O)NC(C(=O)NC2Cc3ccccc3C2)C2CCNCC2)cn1. The van der Waals surface area contributed by atoms with Crippen LogP contribution < -0.4 is 16.0 Å². The Labute approximate surface area is 170 Å². The van der Waals surface area contributed by atoms with E-state index >= 15 is 0 Å². The maximum absolute atomic E-state index is 13.2. The Hall–Kier alpha value is -2.80. The van der Waals surface area contributed by atoms with Crippen molar-refractivity contribution >= 4 is 11.8 Å². The molecule has 2 aliphatic rings. The van der Waals surface area contributed by atoms with E-state index in [2.05, 4.69) is 38.1 Å². The first-order chi connectivity index (χ1) is 14.1. The van der Waals surface area contributed by atoms with Crippen molar-refractivity contribution in [2.75, 3.05) is 13.1 Å². The van der Waals surface area contributed by atoms with Crippen molar-refractivity contribution in [3.8, 4) is 0 Å². The number of aromatic nitrogens is 2. The van der Waals surface area contributed by atoms with Crippen LogP contribution in [0.4, 0.5) is 0 Å². The fourth-order valence-electron chi connectivity index (χ4n) is 4.25. The van der Waals surface area contributed by atoms with Gasteiger partial charge in [-0.1, -0.05) is 24.3 Å². The highest BCUT2D eigenvalue weighted by molar-refractivity contribution is 5.96. The van der Waals surface area contributed by atoms with Gasteiger partial charge in [0.15, 0.2) is 0 Å². The zero-order valence-corrected chi connectivity index (χ0v) is 16.6. The molecule has 1 aromatic heterocycles. The molecular weight excluding hydrogens is 366 g/mol. The summed E-state index contributed by atoms with van der Waals surface area (Å²) in [7, 11) is 0. The molecule has 1 fully saturated rings. The molecule has 2 aromatic rings. The van der Waals surface area contributed by atoms with Gasteiger partial charge in [-0.05, 0) is 62.7 Å². The number of carbonyl (C=O) groups excluding carboxylic acids is 2. The minimum absolute atomic E-state index is 0.0696. The molecule has 0 saturated carbocycles. The summed E-state index contributed by atoms with van der Waals surface area (Å²) in [5.41, 5.74) is 3.55. The Morgan fingerprint density at radius 1 is 1.07 bits per heavy atom. The van der Waals surface area contributed by atoms with E-state index in [0.717, 1.165) is 44.5 Å². The largest absolute Gasteiger partial charge is 0.351 e. The van der Waals surface area contributed by atoms with Crippen molar-refractivity contribution in [2.45, 2.75) is 44.7 Å². The highest BCUT2D eigenvalue weighted by Crippen LogP contribution is 2.23. The second kappa shape index (κ2) is 8.69. The topological polar surface area (TPSA) is 96.0 Å². The van der Waals surface area contributed by atoms with Crippen LogP contribution in [0.2, 0.25) is 0 Å². The summed E-state index contributed by atoms with van der Waals surface area (Å²) in [6.07, 6.45) is 6.38. The van der Waals surface area contributed by atoms with E-state index in [1.165, 1.54) is 17.3 Å². The van der Waals surface area contributed by atoms with Crippen LogP contribution in [0.15, 0.2) is 36.7 Å². The molecule has 0 radical (unpaired) electrons. The van der Waals surface area contributed by atoms with Crippen LogP contribution in [0.3, 0.4) is 0 Å². The molecule has 2 heterocycles. The lowest BCUT2D eigenvalue weighted by Crippen LogP contribution is -2.55. The fourth-order valence-corrected chi connectivity index (χ4v) is 4.25. The van der Waals surface area contributed by atoms with Crippen LogP contribution in [-0.2, 0) is 17.6 Å². The number of nitrogens with zero attached hydrogens (tertiary/aromatic N) is 2. The third-order valence-corrected chi connectivity index (χ3v) is 5.84. The number of carbonyl (C=O) groups is 2. The smallest absolute Gasteiger partial charge is 0.272 e. The summed E-state index contributed by atoms with van der Waals surface area (Å²) in [5.74, 6) is -0.364. The number of nitrogens with one attached hydrogen (secondary N) is 3. The lowest BCUT2D eigenvalue weighted by molar-refractivity contribution is -0.125. The number of fused-ring (bicyclic) bond motifs is 1. The summed E-state index contributed by atoms with van der Waals surface area (Å²) in [6, 6.07) is 7.79. The third-order valence-electron chi connectivity index (χ3n) is 5.84. The van der Waals surface area contributed by atoms with Gasteiger partial charge < -0.3 is 16.0 Å². The standard InChI is InChI=1S/C22H27N5O2/c1-14-12-25-19(13-24-14)21(28)27-20(15-6-8-23-9-7-15)22(29)26-18-10-16-4-2-3-5-17(16)11-18/h2-5,12-13,15,18,20,23H,6-11H2,1H3,(H,26,29)(H,27,28). The van der Waals surface area contributed by atoms with Crippen LogP contribution in [0.25, 0.3) is 0 Å². The lowest BCUT2D eigenvalue weighted by Gasteiger charge is -2.31. The summed E-state index contributed by atoms with van der Waals surface area (Å²) in [4.78, 5) is 34.2. The van der Waals surface area contributed by atoms with Gasteiger partial charge in [-0.15, -0.1) is 0 Å². The number of piperidine rings is 1. The first kappa shape index (κ1) is 19.5. The Morgan fingerprint density at radius 2 is 1.76 bits per heavy atom. The predicted octanol–water partition coefficient (Wildman–Crippen LogP) is 1.17. The molecule has 3 N–H and O–H groups in total. The maximum atomic E-state index is 13.2. The van der Waals surface area contributed by atoms with E-state index in [-0.39, 0.29) is 29.5 Å². The molecule has 7 heteroatoms. The van der Waals surface area contributed by atoms with Gasteiger partial charge >= 0.3 is 0 Å². The van der Waals surface area contributed by atoms with Gasteiger partial charge in [0.05, 0.1) is 11.9 Å². The highest BCUT2D eigenvalue weighted by Gasteiger charge is 2.33. The lowest BCUT2D eigenvalue weighted by atomic mass is 9.89. The van der Waals surface area contributed by atoms with Gasteiger partial charge in [-0.25, -0.2) is 4.98 Å². The van der Waals surface area contributed by atoms with Crippen LogP contribution in [0.1, 0.15) is 40.2 Å². The number of hydrogen-bond acceptors (Lipinski definition) is 5. The average Bonchev–Trinajstić information content (AvgIpc) is 3.15. The molecule has 1 aliphatic heterocycles. The van der Waals surface area contributed by atoms with Crippen molar-refractivity contribution in [1.29, 1.82) is 0 Å². The van der Waals surface area contributed by atoms with Crippen molar-refractivity contribution in [1.82, 2.24) is 25.9 Å². The monoisotopic (exact) mass is 393 g/mol. The minimum atomic E-state index is -0.573. The molecule has 2 amide bonds. The molecule has 1 saturated heterocycles. The number of benzene rings is 1. The minimum Gasteiger partial charge on any atom is -0.351 e. The van der Waals surface area contributed by atoms with Crippen LogP contribution in [-0.4, -0.2) is 47.0 Å². The van der Waals surface area contributed by atoms with Crippen LogP contribution in [0, 0.1) is 12.8 Å². The first-order valence-corrected chi connectivity index (χ1v) is 10.3. The molecule has 0 spiro atoms.